The summed E-state index contributed by atoms with van der Waals surface area (Å²) in [5, 5.41) is 0. The lowest BCUT2D eigenvalue weighted by atomic mass is 10.1. The molecule has 0 unspecified atom stereocenters. The maximum Gasteiger partial charge on any atom is 0.338 e. The first-order chi connectivity index (χ1) is 9.22. The Morgan fingerprint density at radius 2 is 1.95 bits per heavy atom. The van der Waals surface area contributed by atoms with Crippen molar-refractivity contribution in [2.24, 2.45) is 0 Å². The Morgan fingerprint density at radius 1 is 1.26 bits per heavy atom. The molecule has 4 heteroatoms. The van der Waals surface area contributed by atoms with Gasteiger partial charge in [-0.15, -0.1) is 0 Å². The van der Waals surface area contributed by atoms with E-state index in [4.69, 9.17) is 10.5 Å². The predicted molar refractivity (Wildman–Crippen MR) is 77.5 cm³/mol. The quantitative estimate of drug-likeness (QED) is 0.672. The van der Waals surface area contributed by atoms with Crippen LogP contribution in [0.4, 0.5) is 11.4 Å². The van der Waals surface area contributed by atoms with Crippen LogP contribution in [0.15, 0.2) is 18.2 Å². The second kappa shape index (κ2) is 6.45. The van der Waals surface area contributed by atoms with Crippen LogP contribution in [0, 0.1) is 0 Å². The molecule has 0 aromatic heterocycles. The molecule has 0 saturated carbocycles. The van der Waals surface area contributed by atoms with Crippen LogP contribution in [0.3, 0.4) is 0 Å². The van der Waals surface area contributed by atoms with Gasteiger partial charge in [0.1, 0.15) is 0 Å². The molecule has 0 spiro atoms. The summed E-state index contributed by atoms with van der Waals surface area (Å²) >= 11 is 0. The maximum atomic E-state index is 11.6. The van der Waals surface area contributed by atoms with Crippen LogP contribution < -0.4 is 10.6 Å². The van der Waals surface area contributed by atoms with E-state index in [2.05, 4.69) is 4.90 Å². The van der Waals surface area contributed by atoms with Crippen molar-refractivity contribution in [2.75, 3.05) is 30.3 Å². The molecule has 1 aliphatic heterocycles. The van der Waals surface area contributed by atoms with E-state index >= 15 is 0 Å². The first-order valence-electron chi connectivity index (χ1n) is 7.04. The van der Waals surface area contributed by atoms with E-state index < -0.39 is 0 Å². The lowest BCUT2D eigenvalue weighted by Crippen LogP contribution is -2.25. The average Bonchev–Trinajstić information content (AvgIpc) is 2.67. The Labute approximate surface area is 114 Å². The van der Waals surface area contributed by atoms with Gasteiger partial charge in [0, 0.05) is 13.1 Å². The second-order valence-electron chi connectivity index (χ2n) is 4.90. The number of nitrogens with zero attached hydrogens (tertiary/aromatic N) is 1. The second-order valence-corrected chi connectivity index (χ2v) is 4.90. The molecule has 1 aromatic rings. The zero-order valence-electron chi connectivity index (χ0n) is 11.5. The van der Waals surface area contributed by atoms with E-state index in [0.717, 1.165) is 18.8 Å². The summed E-state index contributed by atoms with van der Waals surface area (Å²) in [6.07, 6.45) is 4.99. The Bertz CT molecular complexity index is 438. The fourth-order valence-electron chi connectivity index (χ4n) is 2.50. The molecule has 4 nitrogen and oxygen atoms in total. The summed E-state index contributed by atoms with van der Waals surface area (Å²) in [6.45, 7) is 4.27. The summed E-state index contributed by atoms with van der Waals surface area (Å²) in [6, 6.07) is 5.46. The van der Waals surface area contributed by atoms with Crippen molar-refractivity contribution in [3.05, 3.63) is 23.8 Å². The first-order valence-corrected chi connectivity index (χ1v) is 7.04. The highest BCUT2D eigenvalue weighted by molar-refractivity contribution is 5.92. The Hall–Kier alpha value is -1.71. The molecule has 104 valence electrons. The number of nitrogen functional groups attached to an aromatic ring is 1. The summed E-state index contributed by atoms with van der Waals surface area (Å²) in [4.78, 5) is 14.0. The van der Waals surface area contributed by atoms with E-state index in [-0.39, 0.29) is 5.97 Å². The molecule has 1 aliphatic rings. The molecular weight excluding hydrogens is 240 g/mol. The number of esters is 1. The summed E-state index contributed by atoms with van der Waals surface area (Å²) < 4.78 is 4.98. The van der Waals surface area contributed by atoms with E-state index in [1.807, 2.05) is 6.07 Å². The summed E-state index contributed by atoms with van der Waals surface area (Å²) in [5.41, 5.74) is 8.31. The molecule has 1 fully saturated rings. The summed E-state index contributed by atoms with van der Waals surface area (Å²) in [5.74, 6) is -0.309. The maximum absolute atomic E-state index is 11.6. The monoisotopic (exact) mass is 262 g/mol. The van der Waals surface area contributed by atoms with Crippen molar-refractivity contribution < 1.29 is 9.53 Å². The van der Waals surface area contributed by atoms with Gasteiger partial charge in [0.25, 0.3) is 0 Å². The van der Waals surface area contributed by atoms with E-state index in [0.29, 0.717) is 17.9 Å². The number of nitrogens with two attached hydrogens (primary N) is 1. The van der Waals surface area contributed by atoms with Gasteiger partial charge < -0.3 is 15.4 Å². The van der Waals surface area contributed by atoms with E-state index in [1.165, 1.54) is 25.7 Å². The smallest absolute Gasteiger partial charge is 0.338 e. The van der Waals surface area contributed by atoms with Crippen LogP contribution in [0.25, 0.3) is 0 Å². The molecule has 1 saturated heterocycles. The van der Waals surface area contributed by atoms with Crippen LogP contribution in [0.2, 0.25) is 0 Å². The van der Waals surface area contributed by atoms with Crippen LogP contribution in [-0.4, -0.2) is 25.7 Å². The zero-order chi connectivity index (χ0) is 13.7. The normalized spacial score (nSPS) is 15.9. The van der Waals surface area contributed by atoms with Gasteiger partial charge in [0.2, 0.25) is 0 Å². The van der Waals surface area contributed by atoms with Crippen molar-refractivity contribution in [1.82, 2.24) is 0 Å². The van der Waals surface area contributed by atoms with Gasteiger partial charge in [-0.3, -0.25) is 0 Å². The van der Waals surface area contributed by atoms with Gasteiger partial charge >= 0.3 is 5.97 Å². The van der Waals surface area contributed by atoms with Gasteiger partial charge in [0.15, 0.2) is 0 Å². The minimum atomic E-state index is -0.309. The Balaban J connectivity index is 2.16. The van der Waals surface area contributed by atoms with Crippen molar-refractivity contribution in [1.29, 1.82) is 0 Å². The standard InChI is InChI=1S/C15H22N2O2/c1-2-19-15(18)12-7-8-14(13(16)11-12)17-9-5-3-4-6-10-17/h7-8,11H,2-6,9-10,16H2,1H3. The zero-order valence-corrected chi connectivity index (χ0v) is 11.5. The molecule has 0 bridgehead atoms. The molecule has 0 atom stereocenters. The molecule has 0 radical (unpaired) electrons. The lowest BCUT2D eigenvalue weighted by Gasteiger charge is -2.24. The fraction of sp³-hybridized carbons (Fsp3) is 0.533. The van der Waals surface area contributed by atoms with Gasteiger partial charge in [-0.05, 0) is 38.0 Å². The van der Waals surface area contributed by atoms with Crippen molar-refractivity contribution in [3.8, 4) is 0 Å². The number of anilines is 2. The van der Waals surface area contributed by atoms with Gasteiger partial charge in [-0.25, -0.2) is 4.79 Å². The highest BCUT2D eigenvalue weighted by Crippen LogP contribution is 2.27. The number of benzene rings is 1. The van der Waals surface area contributed by atoms with Crippen molar-refractivity contribution in [3.63, 3.8) is 0 Å². The summed E-state index contributed by atoms with van der Waals surface area (Å²) in [7, 11) is 0. The molecule has 2 rings (SSSR count). The highest BCUT2D eigenvalue weighted by Gasteiger charge is 2.14. The molecule has 19 heavy (non-hydrogen) atoms. The first kappa shape index (κ1) is 13.7. The molecular formula is C15H22N2O2. The SMILES string of the molecule is CCOC(=O)c1ccc(N2CCCCCC2)c(N)c1. The van der Waals surface area contributed by atoms with Gasteiger partial charge in [-0.1, -0.05) is 12.8 Å². The number of carbonyl (C=O) groups is 1. The fourth-order valence-corrected chi connectivity index (χ4v) is 2.50. The highest BCUT2D eigenvalue weighted by atomic mass is 16.5. The molecule has 1 aromatic carbocycles. The minimum Gasteiger partial charge on any atom is -0.462 e. The predicted octanol–water partition coefficient (Wildman–Crippen LogP) is 2.83. The minimum absolute atomic E-state index is 0.309. The van der Waals surface area contributed by atoms with Crippen molar-refractivity contribution >= 4 is 17.3 Å². The van der Waals surface area contributed by atoms with Gasteiger partial charge in [-0.2, -0.15) is 0 Å². The van der Waals surface area contributed by atoms with Crippen LogP contribution in [0.1, 0.15) is 43.0 Å². The van der Waals surface area contributed by atoms with Crippen LogP contribution in [0.5, 0.6) is 0 Å². The van der Waals surface area contributed by atoms with Crippen LogP contribution in [-0.2, 0) is 4.74 Å². The topological polar surface area (TPSA) is 55.6 Å². The molecule has 0 amide bonds. The third kappa shape index (κ3) is 3.40. The number of hydrogen-bond acceptors (Lipinski definition) is 4. The van der Waals surface area contributed by atoms with Crippen LogP contribution >= 0.6 is 0 Å². The molecule has 0 aliphatic carbocycles. The number of carbonyl (C=O) groups excluding carboxylic acids is 1. The average molecular weight is 262 g/mol. The third-order valence-electron chi connectivity index (χ3n) is 3.49. The molecule has 1 heterocycles. The molecule has 2 N–H and O–H groups in total. The Kier molecular flexibility index (Phi) is 4.66. The Morgan fingerprint density at radius 3 is 2.53 bits per heavy atom. The third-order valence-corrected chi connectivity index (χ3v) is 3.49. The van der Waals surface area contributed by atoms with E-state index in [1.54, 1.807) is 19.1 Å². The number of ether oxygens (including phenoxy) is 1. The van der Waals surface area contributed by atoms with E-state index in [9.17, 15) is 4.79 Å². The largest absolute Gasteiger partial charge is 0.462 e. The number of rotatable bonds is 3. The van der Waals surface area contributed by atoms with Gasteiger partial charge in [0.05, 0.1) is 23.5 Å². The lowest BCUT2D eigenvalue weighted by molar-refractivity contribution is 0.0526. The number of hydrogen-bond donors (Lipinski definition) is 1. The van der Waals surface area contributed by atoms with Crippen molar-refractivity contribution in [2.45, 2.75) is 32.6 Å².